The van der Waals surface area contributed by atoms with Crippen LogP contribution in [0.2, 0.25) is 0 Å². The highest BCUT2D eigenvalue weighted by Gasteiger charge is 2.32. The third-order valence-corrected chi connectivity index (χ3v) is 3.79. The maximum atomic E-state index is 12.7. The SMILES string of the molecule is COc1ccc(C2COc3cc(OC)ccc3C2=O)c(O)c1. The van der Waals surface area contributed by atoms with E-state index in [1.807, 2.05) is 0 Å². The van der Waals surface area contributed by atoms with Crippen LogP contribution in [-0.2, 0) is 0 Å². The summed E-state index contributed by atoms with van der Waals surface area (Å²) in [5.74, 6) is 1.09. The van der Waals surface area contributed by atoms with E-state index in [-0.39, 0.29) is 18.1 Å². The highest BCUT2D eigenvalue weighted by atomic mass is 16.5. The zero-order chi connectivity index (χ0) is 15.7. The van der Waals surface area contributed by atoms with Crippen LogP contribution in [0.1, 0.15) is 21.8 Å². The predicted molar refractivity (Wildman–Crippen MR) is 80.2 cm³/mol. The number of phenolic OH excluding ortho intramolecular Hbond substituents is 1. The average molecular weight is 300 g/mol. The third-order valence-electron chi connectivity index (χ3n) is 3.79. The fourth-order valence-corrected chi connectivity index (χ4v) is 2.57. The number of benzene rings is 2. The summed E-state index contributed by atoms with van der Waals surface area (Å²) in [6, 6.07) is 9.99. The number of hydrogen-bond acceptors (Lipinski definition) is 5. The molecule has 0 aliphatic carbocycles. The summed E-state index contributed by atoms with van der Waals surface area (Å²) in [4.78, 5) is 12.7. The van der Waals surface area contributed by atoms with Crippen molar-refractivity contribution < 1.29 is 24.1 Å². The molecule has 2 aromatic carbocycles. The smallest absolute Gasteiger partial charge is 0.177 e. The number of carbonyl (C=O) groups is 1. The summed E-state index contributed by atoms with van der Waals surface area (Å²) in [6.07, 6.45) is 0. The van der Waals surface area contributed by atoms with Crippen LogP contribution in [0.25, 0.3) is 0 Å². The number of Topliss-reactive ketones (excluding diaryl/α,β-unsaturated/α-hetero) is 1. The average Bonchev–Trinajstić information content (AvgIpc) is 2.55. The normalized spacial score (nSPS) is 16.6. The Balaban J connectivity index is 1.96. The number of hydrogen-bond donors (Lipinski definition) is 1. The second-order valence-corrected chi connectivity index (χ2v) is 5.01. The van der Waals surface area contributed by atoms with E-state index in [4.69, 9.17) is 14.2 Å². The number of aromatic hydroxyl groups is 1. The Labute approximate surface area is 128 Å². The Bertz CT molecular complexity index is 723. The van der Waals surface area contributed by atoms with Gasteiger partial charge in [-0.25, -0.2) is 0 Å². The number of carbonyl (C=O) groups excluding carboxylic acids is 1. The molecule has 2 aromatic rings. The van der Waals surface area contributed by atoms with E-state index in [1.165, 1.54) is 13.2 Å². The largest absolute Gasteiger partial charge is 0.508 e. The molecule has 0 bridgehead atoms. The first-order valence-electron chi connectivity index (χ1n) is 6.86. The van der Waals surface area contributed by atoms with Gasteiger partial charge in [0.05, 0.1) is 25.7 Å². The van der Waals surface area contributed by atoms with Crippen molar-refractivity contribution in [2.75, 3.05) is 20.8 Å². The van der Waals surface area contributed by atoms with Gasteiger partial charge in [0.15, 0.2) is 5.78 Å². The zero-order valence-electron chi connectivity index (χ0n) is 12.3. The number of methoxy groups -OCH3 is 2. The second-order valence-electron chi connectivity index (χ2n) is 5.01. The molecule has 3 rings (SSSR count). The number of ketones is 1. The first kappa shape index (κ1) is 14.3. The van der Waals surface area contributed by atoms with Gasteiger partial charge in [-0.05, 0) is 18.2 Å². The molecule has 0 aromatic heterocycles. The van der Waals surface area contributed by atoms with Gasteiger partial charge in [0, 0.05) is 17.7 Å². The lowest BCUT2D eigenvalue weighted by molar-refractivity contribution is 0.0894. The Morgan fingerprint density at radius 2 is 1.77 bits per heavy atom. The van der Waals surface area contributed by atoms with Gasteiger partial charge in [0.1, 0.15) is 29.6 Å². The van der Waals surface area contributed by atoms with Crippen molar-refractivity contribution in [3.05, 3.63) is 47.5 Å². The van der Waals surface area contributed by atoms with Crippen molar-refractivity contribution in [2.24, 2.45) is 0 Å². The van der Waals surface area contributed by atoms with Crippen LogP contribution in [0.5, 0.6) is 23.0 Å². The Morgan fingerprint density at radius 3 is 2.45 bits per heavy atom. The molecule has 0 fully saturated rings. The molecule has 0 spiro atoms. The van der Waals surface area contributed by atoms with Gasteiger partial charge in [-0.2, -0.15) is 0 Å². The van der Waals surface area contributed by atoms with Crippen LogP contribution in [0.4, 0.5) is 0 Å². The standard InChI is InChI=1S/C17H16O5/c1-20-10-3-5-12(15(18)7-10)14-9-22-16-8-11(21-2)4-6-13(16)17(14)19/h3-8,14,18H,9H2,1-2H3. The van der Waals surface area contributed by atoms with Gasteiger partial charge in [-0.1, -0.05) is 6.07 Å². The van der Waals surface area contributed by atoms with E-state index >= 15 is 0 Å². The molecule has 1 atom stereocenters. The van der Waals surface area contributed by atoms with Crippen LogP contribution in [0.15, 0.2) is 36.4 Å². The van der Waals surface area contributed by atoms with Crippen molar-refractivity contribution in [3.63, 3.8) is 0 Å². The highest BCUT2D eigenvalue weighted by molar-refractivity contribution is 6.04. The third kappa shape index (κ3) is 2.35. The van der Waals surface area contributed by atoms with Gasteiger partial charge in [-0.15, -0.1) is 0 Å². The number of rotatable bonds is 3. The summed E-state index contributed by atoms with van der Waals surface area (Å²) in [7, 11) is 3.08. The van der Waals surface area contributed by atoms with Crippen LogP contribution in [-0.4, -0.2) is 31.7 Å². The van der Waals surface area contributed by atoms with Crippen LogP contribution < -0.4 is 14.2 Å². The van der Waals surface area contributed by atoms with E-state index in [2.05, 4.69) is 0 Å². The minimum atomic E-state index is -0.535. The van der Waals surface area contributed by atoms with Gasteiger partial charge in [-0.3, -0.25) is 4.79 Å². The fraction of sp³-hybridized carbons (Fsp3) is 0.235. The van der Waals surface area contributed by atoms with Crippen LogP contribution >= 0.6 is 0 Å². The molecule has 5 heteroatoms. The topological polar surface area (TPSA) is 65.0 Å². The molecule has 22 heavy (non-hydrogen) atoms. The highest BCUT2D eigenvalue weighted by Crippen LogP contribution is 2.38. The first-order chi connectivity index (χ1) is 10.6. The quantitative estimate of drug-likeness (QED) is 0.944. The minimum Gasteiger partial charge on any atom is -0.508 e. The lowest BCUT2D eigenvalue weighted by Crippen LogP contribution is -2.26. The molecule has 0 radical (unpaired) electrons. The maximum Gasteiger partial charge on any atom is 0.177 e. The molecule has 5 nitrogen and oxygen atoms in total. The number of fused-ring (bicyclic) bond motifs is 1. The molecule has 1 aliphatic rings. The van der Waals surface area contributed by atoms with Crippen molar-refractivity contribution >= 4 is 5.78 Å². The zero-order valence-corrected chi connectivity index (χ0v) is 12.3. The molecular formula is C17H16O5. The fourth-order valence-electron chi connectivity index (χ4n) is 2.57. The Kier molecular flexibility index (Phi) is 3.63. The summed E-state index contributed by atoms with van der Waals surface area (Å²) < 4.78 is 15.9. The summed E-state index contributed by atoms with van der Waals surface area (Å²) in [6.45, 7) is 0.179. The van der Waals surface area contributed by atoms with E-state index < -0.39 is 5.92 Å². The molecule has 0 saturated heterocycles. The van der Waals surface area contributed by atoms with Gasteiger partial charge < -0.3 is 19.3 Å². The molecule has 1 N–H and O–H groups in total. The van der Waals surface area contributed by atoms with Crippen LogP contribution in [0, 0.1) is 0 Å². The summed E-state index contributed by atoms with van der Waals surface area (Å²) in [5, 5.41) is 10.1. The van der Waals surface area contributed by atoms with Gasteiger partial charge >= 0.3 is 0 Å². The molecule has 1 aliphatic heterocycles. The predicted octanol–water partition coefficient (Wildman–Crippen LogP) is 2.77. The molecule has 0 saturated carbocycles. The molecule has 114 valence electrons. The van der Waals surface area contributed by atoms with E-state index in [9.17, 15) is 9.90 Å². The van der Waals surface area contributed by atoms with Crippen molar-refractivity contribution in [3.8, 4) is 23.0 Å². The molecule has 1 unspecified atom stereocenters. The van der Waals surface area contributed by atoms with Crippen molar-refractivity contribution in [1.29, 1.82) is 0 Å². The van der Waals surface area contributed by atoms with Gasteiger partial charge in [0.2, 0.25) is 0 Å². The van der Waals surface area contributed by atoms with E-state index in [0.29, 0.717) is 28.4 Å². The maximum absolute atomic E-state index is 12.7. The lowest BCUT2D eigenvalue weighted by Gasteiger charge is -2.25. The Morgan fingerprint density at radius 1 is 1.09 bits per heavy atom. The van der Waals surface area contributed by atoms with Crippen LogP contribution in [0.3, 0.4) is 0 Å². The van der Waals surface area contributed by atoms with Crippen molar-refractivity contribution in [1.82, 2.24) is 0 Å². The molecular weight excluding hydrogens is 284 g/mol. The number of phenols is 1. The summed E-state index contributed by atoms with van der Waals surface area (Å²) in [5.41, 5.74) is 1.03. The first-order valence-corrected chi connectivity index (χ1v) is 6.86. The number of ether oxygens (including phenoxy) is 3. The van der Waals surface area contributed by atoms with E-state index in [0.717, 1.165) is 0 Å². The van der Waals surface area contributed by atoms with E-state index in [1.54, 1.807) is 37.4 Å². The molecule has 1 heterocycles. The lowest BCUT2D eigenvalue weighted by atomic mass is 9.88. The summed E-state index contributed by atoms with van der Waals surface area (Å²) >= 11 is 0. The monoisotopic (exact) mass is 300 g/mol. The van der Waals surface area contributed by atoms with Crippen molar-refractivity contribution in [2.45, 2.75) is 5.92 Å². The minimum absolute atomic E-state index is 0.0262. The second kappa shape index (κ2) is 5.60. The van der Waals surface area contributed by atoms with Gasteiger partial charge in [0.25, 0.3) is 0 Å². The Hall–Kier alpha value is -2.69. The molecule has 0 amide bonds.